The van der Waals surface area contributed by atoms with Crippen LogP contribution >= 0.6 is 0 Å². The van der Waals surface area contributed by atoms with E-state index in [1.54, 1.807) is 11.1 Å². The third-order valence-electron chi connectivity index (χ3n) is 3.58. The molecule has 0 atom stereocenters. The van der Waals surface area contributed by atoms with Crippen LogP contribution in [0.4, 0.5) is 0 Å². The van der Waals surface area contributed by atoms with Crippen LogP contribution in [0.2, 0.25) is 0 Å². The molecule has 15 heavy (non-hydrogen) atoms. The van der Waals surface area contributed by atoms with Crippen molar-refractivity contribution in [3.63, 3.8) is 0 Å². The number of aromatic nitrogens is 1. The fraction of sp³-hybridized carbons (Fsp3) is 0.667. The van der Waals surface area contributed by atoms with Gasteiger partial charge in [0, 0.05) is 24.5 Å². The van der Waals surface area contributed by atoms with Gasteiger partial charge in [-0.1, -0.05) is 0 Å². The molecule has 0 aromatic carbocycles. The minimum Gasteiger partial charge on any atom is -0.360 e. The zero-order valence-electron chi connectivity index (χ0n) is 9.34. The molecule has 0 amide bonds. The van der Waals surface area contributed by atoms with E-state index in [0.29, 0.717) is 0 Å². The van der Waals surface area contributed by atoms with Gasteiger partial charge in [-0.2, -0.15) is 0 Å². The predicted molar refractivity (Wildman–Crippen MR) is 60.7 cm³/mol. The van der Waals surface area contributed by atoms with Crippen LogP contribution in [0.25, 0.3) is 0 Å². The van der Waals surface area contributed by atoms with E-state index in [-0.39, 0.29) is 0 Å². The van der Waals surface area contributed by atoms with Crippen LogP contribution in [0, 0.1) is 0 Å². The summed E-state index contributed by atoms with van der Waals surface area (Å²) < 4.78 is 0. The Morgan fingerprint density at radius 3 is 2.87 bits per heavy atom. The highest BCUT2D eigenvalue weighted by molar-refractivity contribution is 5.42. The van der Waals surface area contributed by atoms with E-state index in [4.69, 9.17) is 5.73 Å². The van der Waals surface area contributed by atoms with Crippen LogP contribution in [0.1, 0.15) is 41.3 Å². The predicted octanol–water partition coefficient (Wildman–Crippen LogP) is 1.34. The molecule has 1 fully saturated rings. The lowest BCUT2D eigenvalue weighted by Gasteiger charge is -2.09. The molecular weight excluding hydrogens is 186 g/mol. The van der Waals surface area contributed by atoms with Crippen molar-refractivity contribution in [1.82, 2.24) is 9.88 Å². The maximum atomic E-state index is 5.71. The molecule has 3 nitrogen and oxygen atoms in total. The van der Waals surface area contributed by atoms with Gasteiger partial charge in [0.2, 0.25) is 0 Å². The number of aromatic amines is 1. The number of hydrogen-bond donors (Lipinski definition) is 2. The van der Waals surface area contributed by atoms with Crippen LogP contribution < -0.4 is 5.73 Å². The number of nitrogens with one attached hydrogen (secondary N) is 1. The lowest BCUT2D eigenvalue weighted by Crippen LogP contribution is -2.11. The summed E-state index contributed by atoms with van der Waals surface area (Å²) in [5.41, 5.74) is 11.8. The lowest BCUT2D eigenvalue weighted by molar-refractivity contribution is 0.349. The van der Waals surface area contributed by atoms with Crippen molar-refractivity contribution < 1.29 is 0 Å². The molecule has 1 saturated carbocycles. The fourth-order valence-electron chi connectivity index (χ4n) is 2.73. The summed E-state index contributed by atoms with van der Waals surface area (Å²) in [4.78, 5) is 6.00. The third kappa shape index (κ3) is 1.50. The number of fused-ring (bicyclic) bond motifs is 1. The van der Waals surface area contributed by atoms with Crippen LogP contribution in [0.15, 0.2) is 0 Å². The molecule has 1 aromatic rings. The normalized spacial score (nSPS) is 20.9. The molecule has 3 heteroatoms. The summed E-state index contributed by atoms with van der Waals surface area (Å²) in [6, 6.07) is 0. The number of H-pyrrole nitrogens is 1. The van der Waals surface area contributed by atoms with Gasteiger partial charge in [0.05, 0.1) is 0 Å². The molecule has 0 saturated heterocycles. The topological polar surface area (TPSA) is 45.0 Å². The van der Waals surface area contributed by atoms with Gasteiger partial charge >= 0.3 is 0 Å². The van der Waals surface area contributed by atoms with Gasteiger partial charge in [0.15, 0.2) is 0 Å². The first-order chi connectivity index (χ1) is 7.29. The standard InChI is InChI=1S/C12H19N3/c1-15-6-10-9(4-5-13)12(8-2-3-8)14-11(10)7-15/h8,14H,2-7,13H2,1H3. The van der Waals surface area contributed by atoms with Crippen LogP contribution in [0.5, 0.6) is 0 Å². The summed E-state index contributed by atoms with van der Waals surface area (Å²) in [6.45, 7) is 2.96. The van der Waals surface area contributed by atoms with E-state index in [1.807, 2.05) is 0 Å². The summed E-state index contributed by atoms with van der Waals surface area (Å²) in [7, 11) is 2.18. The Balaban J connectivity index is 1.99. The van der Waals surface area contributed by atoms with Gasteiger partial charge < -0.3 is 10.7 Å². The molecule has 2 aliphatic rings. The Labute approximate surface area is 90.6 Å². The first-order valence-corrected chi connectivity index (χ1v) is 5.90. The summed E-state index contributed by atoms with van der Waals surface area (Å²) in [5, 5.41) is 0. The Hall–Kier alpha value is -0.800. The van der Waals surface area contributed by atoms with E-state index in [0.717, 1.165) is 32.0 Å². The smallest absolute Gasteiger partial charge is 0.0389 e. The molecule has 3 N–H and O–H groups in total. The Kier molecular flexibility index (Phi) is 2.11. The zero-order chi connectivity index (χ0) is 10.4. The van der Waals surface area contributed by atoms with Gasteiger partial charge in [-0.05, 0) is 49.9 Å². The SMILES string of the molecule is CN1Cc2[nH]c(C3CC3)c(CCN)c2C1. The van der Waals surface area contributed by atoms with Crippen molar-refractivity contribution in [2.75, 3.05) is 13.6 Å². The second-order valence-corrected chi connectivity index (χ2v) is 4.96. The van der Waals surface area contributed by atoms with Gasteiger partial charge in [-0.15, -0.1) is 0 Å². The minimum absolute atomic E-state index is 0.772. The molecule has 1 aliphatic carbocycles. The largest absolute Gasteiger partial charge is 0.360 e. The minimum atomic E-state index is 0.772. The molecule has 0 radical (unpaired) electrons. The van der Waals surface area contributed by atoms with Gasteiger partial charge in [-0.25, -0.2) is 0 Å². The maximum Gasteiger partial charge on any atom is 0.0389 e. The van der Waals surface area contributed by atoms with Crippen LogP contribution in [-0.4, -0.2) is 23.5 Å². The average molecular weight is 205 g/mol. The number of nitrogens with zero attached hydrogens (tertiary/aromatic N) is 1. The van der Waals surface area contributed by atoms with Gasteiger partial charge in [0.1, 0.15) is 0 Å². The highest BCUT2D eigenvalue weighted by atomic mass is 15.1. The van der Waals surface area contributed by atoms with Gasteiger partial charge in [-0.3, -0.25) is 4.90 Å². The van der Waals surface area contributed by atoms with E-state index >= 15 is 0 Å². The second-order valence-electron chi connectivity index (χ2n) is 4.96. The van der Waals surface area contributed by atoms with E-state index in [9.17, 15) is 0 Å². The lowest BCUT2D eigenvalue weighted by atomic mass is 10.0. The van der Waals surface area contributed by atoms with Crippen LogP contribution in [-0.2, 0) is 19.5 Å². The van der Waals surface area contributed by atoms with E-state index < -0.39 is 0 Å². The molecule has 0 spiro atoms. The molecular formula is C12H19N3. The monoisotopic (exact) mass is 205 g/mol. The van der Waals surface area contributed by atoms with Crippen molar-refractivity contribution in [3.05, 3.63) is 22.5 Å². The molecule has 1 aromatic heterocycles. The number of nitrogens with two attached hydrogens (primary N) is 1. The average Bonchev–Trinajstić information content (AvgIpc) is 2.90. The molecule has 1 aliphatic heterocycles. The number of hydrogen-bond acceptors (Lipinski definition) is 2. The summed E-state index contributed by atoms with van der Waals surface area (Å²) in [5.74, 6) is 0.822. The second kappa shape index (κ2) is 3.35. The van der Waals surface area contributed by atoms with E-state index in [2.05, 4.69) is 16.9 Å². The fourth-order valence-corrected chi connectivity index (χ4v) is 2.73. The van der Waals surface area contributed by atoms with Crippen LogP contribution in [0.3, 0.4) is 0 Å². The molecule has 2 heterocycles. The summed E-state index contributed by atoms with van der Waals surface area (Å²) >= 11 is 0. The Morgan fingerprint density at radius 1 is 1.40 bits per heavy atom. The highest BCUT2D eigenvalue weighted by Crippen LogP contribution is 2.43. The molecule has 0 bridgehead atoms. The Bertz CT molecular complexity index is 376. The first-order valence-electron chi connectivity index (χ1n) is 5.90. The maximum absolute atomic E-state index is 5.71. The molecule has 0 unspecified atom stereocenters. The highest BCUT2D eigenvalue weighted by Gasteiger charge is 2.32. The van der Waals surface area contributed by atoms with Gasteiger partial charge in [0.25, 0.3) is 0 Å². The van der Waals surface area contributed by atoms with Crippen molar-refractivity contribution >= 4 is 0 Å². The zero-order valence-corrected chi connectivity index (χ0v) is 9.34. The molecule has 3 rings (SSSR count). The van der Waals surface area contributed by atoms with Crippen molar-refractivity contribution in [2.45, 2.75) is 38.3 Å². The van der Waals surface area contributed by atoms with Crippen molar-refractivity contribution in [3.8, 4) is 0 Å². The Morgan fingerprint density at radius 2 is 2.20 bits per heavy atom. The third-order valence-corrected chi connectivity index (χ3v) is 3.58. The van der Waals surface area contributed by atoms with E-state index in [1.165, 1.54) is 24.2 Å². The molecule has 82 valence electrons. The van der Waals surface area contributed by atoms with Crippen molar-refractivity contribution in [2.24, 2.45) is 5.73 Å². The first kappa shape index (κ1) is 9.43. The number of rotatable bonds is 3. The van der Waals surface area contributed by atoms with Crippen molar-refractivity contribution in [1.29, 1.82) is 0 Å². The quantitative estimate of drug-likeness (QED) is 0.782. The summed E-state index contributed by atoms with van der Waals surface area (Å²) in [6.07, 6.45) is 3.78.